The molecule has 3 heterocycles. The molecule has 8 heteroatoms. The zero-order valence-electron chi connectivity index (χ0n) is 14.4. The van der Waals surface area contributed by atoms with Gasteiger partial charge in [0.25, 0.3) is 5.91 Å². The highest BCUT2D eigenvalue weighted by Gasteiger charge is 2.38. The van der Waals surface area contributed by atoms with Crippen molar-refractivity contribution in [3.05, 3.63) is 33.6 Å². The Balaban J connectivity index is 1.78. The maximum Gasteiger partial charge on any atom is 0.365 e. The summed E-state index contributed by atoms with van der Waals surface area (Å²) in [5, 5.41) is 22.2. The van der Waals surface area contributed by atoms with E-state index in [-0.39, 0.29) is 17.3 Å². The van der Waals surface area contributed by atoms with Crippen molar-refractivity contribution in [1.82, 2.24) is 10.3 Å². The number of carbonyl (C=O) groups is 2. The van der Waals surface area contributed by atoms with Crippen LogP contribution in [0.25, 0.3) is 11.3 Å². The molecular formula is C19H16N2O5S. The second-order valence-corrected chi connectivity index (χ2v) is 7.61. The van der Waals surface area contributed by atoms with Crippen molar-refractivity contribution in [2.24, 2.45) is 0 Å². The van der Waals surface area contributed by atoms with E-state index >= 15 is 0 Å². The average Bonchev–Trinajstić information content (AvgIpc) is 3.20. The Morgan fingerprint density at radius 3 is 3.00 bits per heavy atom. The molecule has 0 bridgehead atoms. The molecule has 7 nitrogen and oxygen atoms in total. The summed E-state index contributed by atoms with van der Waals surface area (Å²) in [5.74, 6) is 4.55. The maximum atomic E-state index is 11.7. The van der Waals surface area contributed by atoms with Crippen LogP contribution in [-0.2, 0) is 4.79 Å². The summed E-state index contributed by atoms with van der Waals surface area (Å²) < 4.78 is 5.83. The number of carboxylic acids is 1. The molecule has 1 unspecified atom stereocenters. The molecule has 27 heavy (non-hydrogen) atoms. The van der Waals surface area contributed by atoms with Crippen molar-refractivity contribution >= 4 is 23.2 Å². The molecule has 0 radical (unpaired) electrons. The van der Waals surface area contributed by atoms with Crippen molar-refractivity contribution in [2.45, 2.75) is 24.9 Å². The number of hydrogen-bond donors (Lipinski definition) is 3. The van der Waals surface area contributed by atoms with Gasteiger partial charge in [0.1, 0.15) is 5.75 Å². The van der Waals surface area contributed by atoms with E-state index in [1.165, 1.54) is 0 Å². The molecule has 4 rings (SSSR count). The fourth-order valence-electron chi connectivity index (χ4n) is 3.07. The molecule has 1 amide bonds. The molecule has 2 aliphatic heterocycles. The lowest BCUT2D eigenvalue weighted by Crippen LogP contribution is -2.36. The zero-order valence-corrected chi connectivity index (χ0v) is 15.2. The Bertz CT molecular complexity index is 1020. The first-order valence-corrected chi connectivity index (χ1v) is 9.24. The van der Waals surface area contributed by atoms with Gasteiger partial charge < -0.3 is 20.3 Å². The number of fused-ring (bicyclic) bond motifs is 3. The summed E-state index contributed by atoms with van der Waals surface area (Å²) in [6.07, 6.45) is 0.239. The number of benzene rings is 1. The van der Waals surface area contributed by atoms with Crippen molar-refractivity contribution < 1.29 is 24.5 Å². The highest BCUT2D eigenvalue weighted by molar-refractivity contribution is 7.14. The topological polar surface area (TPSA) is 109 Å². The number of thiazole rings is 1. The Morgan fingerprint density at radius 1 is 1.48 bits per heavy atom. The molecule has 1 saturated heterocycles. The highest BCUT2D eigenvalue weighted by atomic mass is 32.1. The van der Waals surface area contributed by atoms with Gasteiger partial charge in [-0.05, 0) is 18.2 Å². The van der Waals surface area contributed by atoms with Crippen LogP contribution in [-0.4, -0.2) is 45.8 Å². The Hall–Kier alpha value is -2.89. The van der Waals surface area contributed by atoms with Crippen LogP contribution in [0, 0.1) is 11.8 Å². The van der Waals surface area contributed by atoms with Crippen LogP contribution in [0.2, 0.25) is 0 Å². The van der Waals surface area contributed by atoms with Gasteiger partial charge in [-0.1, -0.05) is 18.8 Å². The molecule has 3 N–H and O–H groups in total. The summed E-state index contributed by atoms with van der Waals surface area (Å²) in [6.45, 7) is 2.77. The number of nitrogens with zero attached hydrogens (tertiary/aromatic N) is 1. The fraction of sp³-hybridized carbons (Fsp3) is 0.316. The summed E-state index contributed by atoms with van der Waals surface area (Å²) >= 11 is 1.15. The van der Waals surface area contributed by atoms with Gasteiger partial charge >= 0.3 is 5.97 Å². The van der Waals surface area contributed by atoms with Gasteiger partial charge in [-0.25, -0.2) is 9.78 Å². The third kappa shape index (κ3) is 3.05. The number of aliphatic hydroxyl groups is 1. The summed E-state index contributed by atoms with van der Waals surface area (Å²) in [7, 11) is 0. The van der Waals surface area contributed by atoms with Gasteiger partial charge in [-0.15, -0.1) is 11.3 Å². The summed E-state index contributed by atoms with van der Waals surface area (Å²) in [6, 6.07) is 5.24. The number of amides is 1. The largest absolute Gasteiger partial charge is 0.492 e. The van der Waals surface area contributed by atoms with Gasteiger partial charge in [0.2, 0.25) is 10.6 Å². The number of hydrogen-bond acceptors (Lipinski definition) is 6. The van der Waals surface area contributed by atoms with Crippen LogP contribution in [0.4, 0.5) is 0 Å². The van der Waals surface area contributed by atoms with E-state index in [9.17, 15) is 19.8 Å². The van der Waals surface area contributed by atoms with Crippen molar-refractivity contribution in [3.8, 4) is 28.8 Å². The fourth-order valence-corrected chi connectivity index (χ4v) is 4.03. The Kier molecular flexibility index (Phi) is 4.13. The van der Waals surface area contributed by atoms with E-state index in [4.69, 9.17) is 4.74 Å². The van der Waals surface area contributed by atoms with Crippen molar-refractivity contribution in [2.75, 3.05) is 13.2 Å². The molecule has 1 aromatic carbocycles. The number of aromatic nitrogens is 1. The minimum Gasteiger partial charge on any atom is -0.492 e. The summed E-state index contributed by atoms with van der Waals surface area (Å²) in [5.41, 5.74) is 0.141. The number of carboxylic acid groups (broad SMARTS) is 1. The second-order valence-electron chi connectivity index (χ2n) is 6.58. The predicted molar refractivity (Wildman–Crippen MR) is 97.9 cm³/mol. The molecular weight excluding hydrogens is 368 g/mol. The lowest BCUT2D eigenvalue weighted by atomic mass is 10.0. The van der Waals surface area contributed by atoms with E-state index in [2.05, 4.69) is 22.1 Å². The smallest absolute Gasteiger partial charge is 0.365 e. The minimum atomic E-state index is -1.68. The van der Waals surface area contributed by atoms with Crippen molar-refractivity contribution in [3.63, 3.8) is 0 Å². The highest BCUT2D eigenvalue weighted by Crippen LogP contribution is 2.41. The van der Waals surface area contributed by atoms with Crippen LogP contribution < -0.4 is 10.1 Å². The number of ether oxygens (including phenoxy) is 1. The first-order chi connectivity index (χ1) is 12.9. The van der Waals surface area contributed by atoms with Gasteiger partial charge in [-0.3, -0.25) is 4.79 Å². The SMILES string of the molecule is CC1COc2ccc(C#C[C@]3(O)CCNC3=O)cc2-c2nc(C(=O)O)sc21. The number of aromatic carboxylic acids is 1. The molecule has 0 saturated carbocycles. The van der Waals surface area contributed by atoms with E-state index < -0.39 is 17.5 Å². The van der Waals surface area contributed by atoms with E-state index in [1.807, 2.05) is 6.92 Å². The lowest BCUT2D eigenvalue weighted by molar-refractivity contribution is -0.130. The lowest BCUT2D eigenvalue weighted by Gasteiger charge is -2.10. The first-order valence-electron chi connectivity index (χ1n) is 8.42. The van der Waals surface area contributed by atoms with E-state index in [0.29, 0.717) is 35.7 Å². The predicted octanol–water partition coefficient (Wildman–Crippen LogP) is 1.61. The third-order valence-electron chi connectivity index (χ3n) is 4.57. The Morgan fingerprint density at radius 2 is 2.30 bits per heavy atom. The van der Waals surface area contributed by atoms with Crippen LogP contribution in [0.15, 0.2) is 18.2 Å². The average molecular weight is 384 g/mol. The molecule has 0 spiro atoms. The molecule has 2 atom stereocenters. The van der Waals surface area contributed by atoms with Gasteiger partial charge in [0.15, 0.2) is 0 Å². The molecule has 2 aromatic rings. The maximum absolute atomic E-state index is 11.7. The summed E-state index contributed by atoms with van der Waals surface area (Å²) in [4.78, 5) is 28.2. The number of rotatable bonds is 1. The zero-order chi connectivity index (χ0) is 19.2. The van der Waals surface area contributed by atoms with Gasteiger partial charge in [0, 0.05) is 34.9 Å². The molecule has 1 fully saturated rings. The number of nitrogens with one attached hydrogen (secondary N) is 1. The molecule has 1 aromatic heterocycles. The van der Waals surface area contributed by atoms with E-state index in [0.717, 1.165) is 16.2 Å². The van der Waals surface area contributed by atoms with Crippen LogP contribution >= 0.6 is 11.3 Å². The quantitative estimate of drug-likeness (QED) is 0.645. The standard InChI is InChI=1S/C19H16N2O5S/c1-10-9-26-13-3-2-11(4-5-19(25)6-7-20-18(19)24)8-12(13)14-15(10)27-16(21-14)17(22)23/h2-3,8,10,25H,6-7,9H2,1H3,(H,20,24)(H,22,23)/t10?,19-/m0/s1. The van der Waals surface area contributed by atoms with E-state index in [1.54, 1.807) is 18.2 Å². The van der Waals surface area contributed by atoms with Crippen LogP contribution in [0.5, 0.6) is 5.75 Å². The second kappa shape index (κ2) is 6.37. The van der Waals surface area contributed by atoms with Gasteiger partial charge in [0.05, 0.1) is 12.3 Å². The van der Waals surface area contributed by atoms with Crippen LogP contribution in [0.1, 0.15) is 39.5 Å². The monoisotopic (exact) mass is 384 g/mol. The van der Waals surface area contributed by atoms with Crippen molar-refractivity contribution in [1.29, 1.82) is 0 Å². The normalized spacial score (nSPS) is 23.2. The molecule has 138 valence electrons. The Labute approximate surface area is 159 Å². The number of carbonyl (C=O) groups excluding carboxylic acids is 1. The third-order valence-corrected chi connectivity index (χ3v) is 5.84. The van der Waals surface area contributed by atoms with Gasteiger partial charge in [-0.2, -0.15) is 0 Å². The molecule has 0 aliphatic carbocycles. The minimum absolute atomic E-state index is 0.00966. The first kappa shape index (κ1) is 17.5. The van der Waals surface area contributed by atoms with Crippen LogP contribution in [0.3, 0.4) is 0 Å². The molecule has 2 aliphatic rings.